The van der Waals surface area contributed by atoms with Crippen LogP contribution in [-0.2, 0) is 13.2 Å². The van der Waals surface area contributed by atoms with Crippen LogP contribution in [0.3, 0.4) is 0 Å². The summed E-state index contributed by atoms with van der Waals surface area (Å²) < 4.78 is 11.1. The lowest BCUT2D eigenvalue weighted by Crippen LogP contribution is -2.16. The molecule has 3 rings (SSSR count). The molecule has 2 aromatic carbocycles. The van der Waals surface area contributed by atoms with Crippen LogP contribution < -0.4 is 14.8 Å². The van der Waals surface area contributed by atoms with E-state index in [2.05, 4.69) is 5.32 Å². The summed E-state index contributed by atoms with van der Waals surface area (Å²) in [5.41, 5.74) is 2.77. The lowest BCUT2D eigenvalue weighted by Gasteiger charge is -2.20. The van der Waals surface area contributed by atoms with Gasteiger partial charge >= 0.3 is 0 Å². The molecule has 0 fully saturated rings. The predicted molar refractivity (Wildman–Crippen MR) is 82.1 cm³/mol. The second kappa shape index (κ2) is 6.24. The van der Waals surface area contributed by atoms with E-state index in [0.717, 1.165) is 16.8 Å². The van der Waals surface area contributed by atoms with E-state index in [9.17, 15) is 5.11 Å². The molecule has 1 aliphatic heterocycles. The zero-order valence-corrected chi connectivity index (χ0v) is 12.2. The highest BCUT2D eigenvalue weighted by Gasteiger charge is 2.16. The van der Waals surface area contributed by atoms with E-state index in [4.69, 9.17) is 21.1 Å². The van der Waals surface area contributed by atoms with Gasteiger partial charge in [-0.25, -0.2) is 0 Å². The van der Waals surface area contributed by atoms with Crippen molar-refractivity contribution in [3.63, 3.8) is 0 Å². The molecule has 0 saturated carbocycles. The third-order valence-electron chi connectivity index (χ3n) is 3.33. The van der Waals surface area contributed by atoms with Crippen LogP contribution in [0.25, 0.3) is 0 Å². The molecular weight excluding hydrogens is 290 g/mol. The fourth-order valence-corrected chi connectivity index (χ4v) is 2.58. The van der Waals surface area contributed by atoms with Gasteiger partial charge in [-0.1, -0.05) is 29.8 Å². The second-order valence-corrected chi connectivity index (χ2v) is 5.18. The van der Waals surface area contributed by atoms with E-state index in [1.165, 1.54) is 0 Å². The minimum Gasteiger partial charge on any atom is -0.486 e. The van der Waals surface area contributed by atoms with Crippen LogP contribution in [0.4, 0.5) is 5.69 Å². The Hall–Kier alpha value is -1.91. The van der Waals surface area contributed by atoms with E-state index in [0.29, 0.717) is 36.3 Å². The Bertz CT molecular complexity index is 645. The normalized spacial score (nSPS) is 13.0. The van der Waals surface area contributed by atoms with Crippen LogP contribution in [0.1, 0.15) is 11.1 Å². The van der Waals surface area contributed by atoms with Crippen LogP contribution in [0.2, 0.25) is 5.02 Å². The maximum atomic E-state index is 9.32. The maximum absolute atomic E-state index is 9.32. The molecule has 2 N–H and O–H groups in total. The standard InChI is InChI=1S/C16H16ClNO3/c17-13-7-11(8-15-16(13)21-6-5-20-15)9-18-14-4-2-1-3-12(14)10-19/h1-4,7-8,18-19H,5-6,9-10H2. The average molecular weight is 306 g/mol. The molecule has 0 atom stereocenters. The van der Waals surface area contributed by atoms with Gasteiger partial charge in [0.2, 0.25) is 0 Å². The third-order valence-corrected chi connectivity index (χ3v) is 3.61. The van der Waals surface area contributed by atoms with Crippen LogP contribution in [0.5, 0.6) is 11.5 Å². The van der Waals surface area contributed by atoms with Crippen LogP contribution in [0.15, 0.2) is 36.4 Å². The van der Waals surface area contributed by atoms with Crippen LogP contribution in [0, 0.1) is 0 Å². The number of hydrogen-bond acceptors (Lipinski definition) is 4. The van der Waals surface area contributed by atoms with Crippen molar-refractivity contribution in [1.82, 2.24) is 0 Å². The van der Waals surface area contributed by atoms with Crippen molar-refractivity contribution >= 4 is 17.3 Å². The first-order chi connectivity index (χ1) is 10.3. The van der Waals surface area contributed by atoms with Gasteiger partial charge in [0.05, 0.1) is 11.6 Å². The fourth-order valence-electron chi connectivity index (χ4n) is 2.29. The SMILES string of the molecule is OCc1ccccc1NCc1cc(Cl)c2c(c1)OCCO2. The molecule has 0 radical (unpaired) electrons. The van der Waals surface area contributed by atoms with Crippen molar-refractivity contribution < 1.29 is 14.6 Å². The van der Waals surface area contributed by atoms with E-state index < -0.39 is 0 Å². The lowest BCUT2D eigenvalue weighted by atomic mass is 10.1. The quantitative estimate of drug-likeness (QED) is 0.910. The Morgan fingerprint density at radius 3 is 2.81 bits per heavy atom. The van der Waals surface area contributed by atoms with E-state index in [-0.39, 0.29) is 6.61 Å². The number of para-hydroxylation sites is 1. The van der Waals surface area contributed by atoms with Gasteiger partial charge in [-0.15, -0.1) is 0 Å². The van der Waals surface area contributed by atoms with Gasteiger partial charge in [0.1, 0.15) is 13.2 Å². The molecule has 110 valence electrons. The summed E-state index contributed by atoms with van der Waals surface area (Å²) >= 11 is 6.21. The number of rotatable bonds is 4. The molecule has 4 nitrogen and oxygen atoms in total. The first-order valence-corrected chi connectivity index (χ1v) is 7.16. The van der Waals surface area contributed by atoms with Gasteiger partial charge in [0, 0.05) is 17.8 Å². The van der Waals surface area contributed by atoms with Gasteiger partial charge in [0.15, 0.2) is 11.5 Å². The number of hydrogen-bond donors (Lipinski definition) is 2. The summed E-state index contributed by atoms with van der Waals surface area (Å²) in [5.74, 6) is 1.29. The Morgan fingerprint density at radius 2 is 1.95 bits per heavy atom. The molecule has 0 unspecified atom stereocenters. The molecule has 0 aromatic heterocycles. The number of nitrogens with one attached hydrogen (secondary N) is 1. The van der Waals surface area contributed by atoms with Crippen LogP contribution >= 0.6 is 11.6 Å². The second-order valence-electron chi connectivity index (χ2n) is 4.77. The van der Waals surface area contributed by atoms with Crippen molar-refractivity contribution in [2.75, 3.05) is 18.5 Å². The summed E-state index contributed by atoms with van der Waals surface area (Å²) in [5, 5.41) is 13.2. The maximum Gasteiger partial charge on any atom is 0.179 e. The number of aliphatic hydroxyl groups is 1. The molecule has 2 aromatic rings. The van der Waals surface area contributed by atoms with Gasteiger partial charge in [-0.05, 0) is 23.8 Å². The average Bonchev–Trinajstić information content (AvgIpc) is 2.53. The summed E-state index contributed by atoms with van der Waals surface area (Å²) in [4.78, 5) is 0. The largest absolute Gasteiger partial charge is 0.486 e. The molecule has 0 saturated heterocycles. The molecule has 0 amide bonds. The Morgan fingerprint density at radius 1 is 1.14 bits per heavy atom. The zero-order chi connectivity index (χ0) is 14.7. The molecule has 1 heterocycles. The van der Waals surface area contributed by atoms with Crippen molar-refractivity contribution in [1.29, 1.82) is 0 Å². The van der Waals surface area contributed by atoms with E-state index >= 15 is 0 Å². The molecule has 0 spiro atoms. The summed E-state index contributed by atoms with van der Waals surface area (Å²) in [6.45, 7) is 1.65. The molecular formula is C16H16ClNO3. The van der Waals surface area contributed by atoms with Gasteiger partial charge < -0.3 is 19.9 Å². The smallest absolute Gasteiger partial charge is 0.179 e. The first kappa shape index (κ1) is 14.0. The third kappa shape index (κ3) is 3.06. The molecule has 0 bridgehead atoms. The Balaban J connectivity index is 1.78. The van der Waals surface area contributed by atoms with Gasteiger partial charge in [0.25, 0.3) is 0 Å². The van der Waals surface area contributed by atoms with Crippen molar-refractivity contribution in [2.45, 2.75) is 13.2 Å². The fraction of sp³-hybridized carbons (Fsp3) is 0.250. The molecule has 21 heavy (non-hydrogen) atoms. The number of aliphatic hydroxyl groups excluding tert-OH is 1. The highest BCUT2D eigenvalue weighted by atomic mass is 35.5. The van der Waals surface area contributed by atoms with Crippen molar-refractivity contribution in [2.24, 2.45) is 0 Å². The Labute approximate surface area is 128 Å². The van der Waals surface area contributed by atoms with E-state index in [1.54, 1.807) is 0 Å². The minimum atomic E-state index is 0.00503. The van der Waals surface area contributed by atoms with Crippen LogP contribution in [-0.4, -0.2) is 18.3 Å². The van der Waals surface area contributed by atoms with Gasteiger partial charge in [-0.3, -0.25) is 0 Å². The lowest BCUT2D eigenvalue weighted by molar-refractivity contribution is 0.171. The predicted octanol–water partition coefficient (Wildman–Crippen LogP) is 3.22. The van der Waals surface area contributed by atoms with E-state index in [1.807, 2.05) is 36.4 Å². The number of halogens is 1. The number of anilines is 1. The Kier molecular flexibility index (Phi) is 4.18. The monoisotopic (exact) mass is 305 g/mol. The highest BCUT2D eigenvalue weighted by Crippen LogP contribution is 2.38. The van der Waals surface area contributed by atoms with Crippen molar-refractivity contribution in [3.8, 4) is 11.5 Å². The zero-order valence-electron chi connectivity index (χ0n) is 11.4. The minimum absolute atomic E-state index is 0.00503. The summed E-state index contributed by atoms with van der Waals surface area (Å²) in [6.07, 6.45) is 0. The molecule has 5 heteroatoms. The molecule has 0 aliphatic carbocycles. The first-order valence-electron chi connectivity index (χ1n) is 6.78. The number of ether oxygens (including phenoxy) is 2. The highest BCUT2D eigenvalue weighted by molar-refractivity contribution is 6.32. The topological polar surface area (TPSA) is 50.7 Å². The summed E-state index contributed by atoms with van der Waals surface area (Å²) in [6, 6.07) is 11.4. The molecule has 1 aliphatic rings. The van der Waals surface area contributed by atoms with Gasteiger partial charge in [-0.2, -0.15) is 0 Å². The number of benzene rings is 2. The van der Waals surface area contributed by atoms with Crippen molar-refractivity contribution in [3.05, 3.63) is 52.5 Å². The summed E-state index contributed by atoms with van der Waals surface area (Å²) in [7, 11) is 0. The number of fused-ring (bicyclic) bond motifs is 1.